The Morgan fingerprint density at radius 2 is 1.64 bits per heavy atom. The molecule has 2 aromatic carbocycles. The number of carbonyl (C=O) groups is 2. The average Bonchev–Trinajstić information content (AvgIpc) is 2.60. The van der Waals surface area contributed by atoms with Gasteiger partial charge in [0.1, 0.15) is 19.0 Å². The molecule has 0 saturated heterocycles. The first-order valence-corrected chi connectivity index (χ1v) is 8.92. The van der Waals surface area contributed by atoms with Gasteiger partial charge in [-0.15, -0.1) is 0 Å². The van der Waals surface area contributed by atoms with E-state index in [4.69, 9.17) is 14.2 Å². The largest absolute Gasteiger partial charge is 0.489 e. The molecule has 0 heterocycles. The standard InChI is InChI=1S/C19H19IO5/c1-3-23-19(22)15-6-4-14(5-7-15)16-8-9-18(17(20)12-16)25-11-10-24-13(2)21/h4-9,12H,3,10-11H2,1-2H3. The maximum atomic E-state index is 11.7. The van der Waals surface area contributed by atoms with Crippen molar-refractivity contribution in [3.63, 3.8) is 0 Å². The lowest BCUT2D eigenvalue weighted by atomic mass is 10.0. The molecular weight excluding hydrogens is 435 g/mol. The minimum Gasteiger partial charge on any atom is -0.489 e. The lowest BCUT2D eigenvalue weighted by Crippen LogP contribution is -2.10. The molecule has 5 nitrogen and oxygen atoms in total. The summed E-state index contributed by atoms with van der Waals surface area (Å²) < 4.78 is 16.4. The summed E-state index contributed by atoms with van der Waals surface area (Å²) in [5.41, 5.74) is 2.55. The van der Waals surface area contributed by atoms with Crippen molar-refractivity contribution >= 4 is 34.5 Å². The Labute approximate surface area is 160 Å². The van der Waals surface area contributed by atoms with Crippen LogP contribution < -0.4 is 4.74 Å². The van der Waals surface area contributed by atoms with E-state index in [1.165, 1.54) is 6.92 Å². The second-order valence-electron chi connectivity index (χ2n) is 5.13. The predicted molar refractivity (Wildman–Crippen MR) is 103 cm³/mol. The van der Waals surface area contributed by atoms with Gasteiger partial charge < -0.3 is 14.2 Å². The van der Waals surface area contributed by atoms with Crippen LogP contribution in [0.15, 0.2) is 42.5 Å². The molecule has 0 atom stereocenters. The molecule has 132 valence electrons. The second-order valence-corrected chi connectivity index (χ2v) is 6.29. The quantitative estimate of drug-likeness (QED) is 0.359. The number of hydrogen-bond acceptors (Lipinski definition) is 5. The molecule has 0 spiro atoms. The van der Waals surface area contributed by atoms with Crippen molar-refractivity contribution in [1.29, 1.82) is 0 Å². The fourth-order valence-electron chi connectivity index (χ4n) is 2.15. The maximum absolute atomic E-state index is 11.7. The van der Waals surface area contributed by atoms with E-state index < -0.39 is 0 Å². The maximum Gasteiger partial charge on any atom is 0.338 e. The van der Waals surface area contributed by atoms with Crippen LogP contribution in [-0.2, 0) is 14.3 Å². The first-order valence-electron chi connectivity index (χ1n) is 7.84. The van der Waals surface area contributed by atoms with E-state index in [0.717, 1.165) is 20.4 Å². The van der Waals surface area contributed by atoms with Gasteiger partial charge in [0.25, 0.3) is 0 Å². The third-order valence-electron chi connectivity index (χ3n) is 3.31. The topological polar surface area (TPSA) is 61.8 Å². The third-order valence-corrected chi connectivity index (χ3v) is 4.15. The number of esters is 2. The normalized spacial score (nSPS) is 10.2. The van der Waals surface area contributed by atoms with Crippen LogP contribution in [0.3, 0.4) is 0 Å². The third kappa shape index (κ3) is 5.74. The molecular formula is C19H19IO5. The van der Waals surface area contributed by atoms with E-state index >= 15 is 0 Å². The van der Waals surface area contributed by atoms with Crippen LogP contribution in [-0.4, -0.2) is 31.8 Å². The van der Waals surface area contributed by atoms with Crippen molar-refractivity contribution in [3.05, 3.63) is 51.6 Å². The van der Waals surface area contributed by atoms with Gasteiger partial charge in [-0.3, -0.25) is 4.79 Å². The summed E-state index contributed by atoms with van der Waals surface area (Å²) in [6.07, 6.45) is 0. The Morgan fingerprint density at radius 1 is 0.960 bits per heavy atom. The number of carbonyl (C=O) groups excluding carboxylic acids is 2. The van der Waals surface area contributed by atoms with Crippen molar-refractivity contribution in [2.75, 3.05) is 19.8 Å². The Hall–Kier alpha value is -2.09. The molecule has 6 heteroatoms. The first kappa shape index (κ1) is 19.2. The fourth-order valence-corrected chi connectivity index (χ4v) is 2.82. The summed E-state index contributed by atoms with van der Waals surface area (Å²) in [7, 11) is 0. The number of ether oxygens (including phenoxy) is 3. The highest BCUT2D eigenvalue weighted by Gasteiger charge is 2.08. The molecule has 0 aliphatic heterocycles. The molecule has 0 fully saturated rings. The molecule has 2 rings (SSSR count). The Bertz CT molecular complexity index is 740. The van der Waals surface area contributed by atoms with Crippen LogP contribution in [0.4, 0.5) is 0 Å². The van der Waals surface area contributed by atoms with Gasteiger partial charge in [-0.05, 0) is 64.9 Å². The lowest BCUT2D eigenvalue weighted by molar-refractivity contribution is -0.141. The molecule has 0 aliphatic rings. The van der Waals surface area contributed by atoms with E-state index in [1.807, 2.05) is 30.3 Å². The summed E-state index contributed by atoms with van der Waals surface area (Å²) in [6, 6.07) is 13.1. The predicted octanol–water partition coefficient (Wildman–Crippen LogP) is 4.08. The van der Waals surface area contributed by atoms with Crippen LogP contribution in [0, 0.1) is 3.57 Å². The van der Waals surface area contributed by atoms with Gasteiger partial charge in [0, 0.05) is 6.92 Å². The van der Waals surface area contributed by atoms with Gasteiger partial charge in [-0.1, -0.05) is 18.2 Å². The zero-order valence-corrected chi connectivity index (χ0v) is 16.2. The van der Waals surface area contributed by atoms with E-state index in [2.05, 4.69) is 22.6 Å². The van der Waals surface area contributed by atoms with Crippen molar-refractivity contribution in [2.24, 2.45) is 0 Å². The summed E-state index contributed by atoms with van der Waals surface area (Å²) in [4.78, 5) is 22.4. The summed E-state index contributed by atoms with van der Waals surface area (Å²) in [5, 5.41) is 0. The Morgan fingerprint density at radius 3 is 2.24 bits per heavy atom. The highest BCUT2D eigenvalue weighted by Crippen LogP contribution is 2.28. The van der Waals surface area contributed by atoms with Crippen molar-refractivity contribution in [1.82, 2.24) is 0 Å². The zero-order valence-electron chi connectivity index (χ0n) is 14.1. The number of rotatable bonds is 7. The minimum atomic E-state index is -0.320. The number of benzene rings is 2. The SMILES string of the molecule is CCOC(=O)c1ccc(-c2ccc(OCCOC(C)=O)c(I)c2)cc1. The highest BCUT2D eigenvalue weighted by molar-refractivity contribution is 14.1. The van der Waals surface area contributed by atoms with Crippen LogP contribution in [0.5, 0.6) is 5.75 Å². The minimum absolute atomic E-state index is 0.225. The molecule has 0 amide bonds. The second kappa shape index (κ2) is 9.41. The Balaban J connectivity index is 2.04. The van der Waals surface area contributed by atoms with Crippen LogP contribution in [0.1, 0.15) is 24.2 Å². The van der Waals surface area contributed by atoms with E-state index in [1.54, 1.807) is 19.1 Å². The van der Waals surface area contributed by atoms with Gasteiger partial charge in [-0.25, -0.2) is 4.79 Å². The Kier molecular flexibility index (Phi) is 7.24. The van der Waals surface area contributed by atoms with Gasteiger partial charge >= 0.3 is 11.9 Å². The molecule has 25 heavy (non-hydrogen) atoms. The monoisotopic (exact) mass is 454 g/mol. The van der Waals surface area contributed by atoms with Crippen molar-refractivity contribution in [3.8, 4) is 16.9 Å². The molecule has 0 aromatic heterocycles. The van der Waals surface area contributed by atoms with E-state index in [9.17, 15) is 9.59 Å². The molecule has 2 aromatic rings. The van der Waals surface area contributed by atoms with Crippen LogP contribution >= 0.6 is 22.6 Å². The van der Waals surface area contributed by atoms with Gasteiger partial charge in [0.2, 0.25) is 0 Å². The van der Waals surface area contributed by atoms with Gasteiger partial charge in [0.15, 0.2) is 0 Å². The molecule has 0 saturated carbocycles. The van der Waals surface area contributed by atoms with Gasteiger partial charge in [0.05, 0.1) is 15.7 Å². The molecule has 0 aliphatic carbocycles. The molecule has 0 N–H and O–H groups in total. The van der Waals surface area contributed by atoms with Crippen molar-refractivity contribution in [2.45, 2.75) is 13.8 Å². The highest BCUT2D eigenvalue weighted by atomic mass is 127. The fraction of sp³-hybridized carbons (Fsp3) is 0.263. The van der Waals surface area contributed by atoms with Crippen molar-refractivity contribution < 1.29 is 23.8 Å². The summed E-state index contributed by atoms with van der Waals surface area (Å²) in [6.45, 7) is 4.04. The number of hydrogen-bond donors (Lipinski definition) is 0. The molecule has 0 radical (unpaired) electrons. The van der Waals surface area contributed by atoms with Gasteiger partial charge in [-0.2, -0.15) is 0 Å². The number of halogens is 1. The summed E-state index contributed by atoms with van der Waals surface area (Å²) in [5.74, 6) is 0.0970. The van der Waals surface area contributed by atoms with E-state index in [0.29, 0.717) is 18.8 Å². The molecule has 0 bridgehead atoms. The van der Waals surface area contributed by atoms with Crippen LogP contribution in [0.2, 0.25) is 0 Å². The average molecular weight is 454 g/mol. The first-order chi connectivity index (χ1) is 12.0. The zero-order chi connectivity index (χ0) is 18.2. The smallest absolute Gasteiger partial charge is 0.338 e. The van der Waals surface area contributed by atoms with Crippen LogP contribution in [0.25, 0.3) is 11.1 Å². The lowest BCUT2D eigenvalue weighted by Gasteiger charge is -2.10. The summed E-state index contributed by atoms with van der Waals surface area (Å²) >= 11 is 2.20. The van der Waals surface area contributed by atoms with E-state index in [-0.39, 0.29) is 18.5 Å². The molecule has 0 unspecified atom stereocenters.